The average molecular weight is 448 g/mol. The van der Waals surface area contributed by atoms with E-state index in [2.05, 4.69) is 157 Å². The van der Waals surface area contributed by atoms with Gasteiger partial charge in [0, 0.05) is 17.1 Å². The number of fused-ring (bicyclic) bond motifs is 1. The Hall–Kier alpha value is -4.62. The summed E-state index contributed by atoms with van der Waals surface area (Å²) < 4.78 is 0. The van der Waals surface area contributed by atoms with Crippen molar-refractivity contribution in [2.75, 3.05) is 4.90 Å². The SMILES string of the molecule is c1ccc(-c2ccc(N(c3cccc(-c4ccccc4)c3)c3ccc4ccccc4c3)cc2)cc1. The van der Waals surface area contributed by atoms with E-state index in [-0.39, 0.29) is 0 Å². The Morgan fingerprint density at radius 1 is 0.286 bits per heavy atom. The number of benzene rings is 6. The van der Waals surface area contributed by atoms with E-state index < -0.39 is 0 Å². The minimum atomic E-state index is 1.13. The summed E-state index contributed by atoms with van der Waals surface area (Å²) in [5.74, 6) is 0. The molecule has 35 heavy (non-hydrogen) atoms. The number of hydrogen-bond donors (Lipinski definition) is 0. The number of anilines is 3. The summed E-state index contributed by atoms with van der Waals surface area (Å²) in [6.07, 6.45) is 0. The van der Waals surface area contributed by atoms with Crippen LogP contribution >= 0.6 is 0 Å². The molecule has 0 aliphatic rings. The molecule has 0 spiro atoms. The van der Waals surface area contributed by atoms with Crippen molar-refractivity contribution < 1.29 is 0 Å². The molecule has 0 bridgehead atoms. The molecule has 166 valence electrons. The molecule has 0 aromatic heterocycles. The average Bonchev–Trinajstić information content (AvgIpc) is 2.95. The highest BCUT2D eigenvalue weighted by Crippen LogP contribution is 2.38. The maximum absolute atomic E-state index is 2.34. The monoisotopic (exact) mass is 447 g/mol. The van der Waals surface area contributed by atoms with Crippen molar-refractivity contribution in [1.82, 2.24) is 0 Å². The zero-order chi connectivity index (χ0) is 23.5. The lowest BCUT2D eigenvalue weighted by Crippen LogP contribution is -2.10. The first kappa shape index (κ1) is 20.9. The molecule has 6 rings (SSSR count). The van der Waals surface area contributed by atoms with Crippen LogP contribution in [0.1, 0.15) is 0 Å². The van der Waals surface area contributed by atoms with Crippen molar-refractivity contribution in [3.8, 4) is 22.3 Å². The Balaban J connectivity index is 1.48. The van der Waals surface area contributed by atoms with Gasteiger partial charge >= 0.3 is 0 Å². The zero-order valence-electron chi connectivity index (χ0n) is 19.4. The number of rotatable bonds is 5. The van der Waals surface area contributed by atoms with Crippen molar-refractivity contribution >= 4 is 27.8 Å². The smallest absolute Gasteiger partial charge is 0.0468 e. The maximum atomic E-state index is 2.34. The zero-order valence-corrected chi connectivity index (χ0v) is 19.4. The summed E-state index contributed by atoms with van der Waals surface area (Å²) >= 11 is 0. The molecular formula is C34H25N. The van der Waals surface area contributed by atoms with Gasteiger partial charge in [-0.3, -0.25) is 0 Å². The summed E-state index contributed by atoms with van der Waals surface area (Å²) in [4.78, 5) is 2.34. The van der Waals surface area contributed by atoms with E-state index in [9.17, 15) is 0 Å². The summed E-state index contributed by atoms with van der Waals surface area (Å²) in [5, 5.41) is 2.48. The van der Waals surface area contributed by atoms with Crippen LogP contribution in [-0.2, 0) is 0 Å². The van der Waals surface area contributed by atoms with E-state index in [0.29, 0.717) is 0 Å². The molecule has 6 aromatic carbocycles. The van der Waals surface area contributed by atoms with Crippen LogP contribution in [0.3, 0.4) is 0 Å². The third kappa shape index (κ3) is 4.32. The third-order valence-corrected chi connectivity index (χ3v) is 6.44. The van der Waals surface area contributed by atoms with Gasteiger partial charge in [0.25, 0.3) is 0 Å². The Bertz CT molecular complexity index is 1570. The second-order valence-corrected chi connectivity index (χ2v) is 8.70. The van der Waals surface area contributed by atoms with E-state index in [4.69, 9.17) is 0 Å². The molecule has 0 amide bonds. The van der Waals surface area contributed by atoms with Crippen LogP contribution in [0.2, 0.25) is 0 Å². The minimum absolute atomic E-state index is 1.13. The lowest BCUT2D eigenvalue weighted by Gasteiger charge is -2.26. The molecule has 0 radical (unpaired) electrons. The molecular weight excluding hydrogens is 422 g/mol. The van der Waals surface area contributed by atoms with Crippen molar-refractivity contribution in [3.63, 3.8) is 0 Å². The van der Waals surface area contributed by atoms with Crippen molar-refractivity contribution in [1.29, 1.82) is 0 Å². The fourth-order valence-electron chi connectivity index (χ4n) is 4.65. The second kappa shape index (κ2) is 9.32. The Morgan fingerprint density at radius 2 is 0.800 bits per heavy atom. The fourth-order valence-corrected chi connectivity index (χ4v) is 4.65. The van der Waals surface area contributed by atoms with Crippen LogP contribution in [0.5, 0.6) is 0 Å². The van der Waals surface area contributed by atoms with Gasteiger partial charge in [0.1, 0.15) is 0 Å². The fraction of sp³-hybridized carbons (Fsp3) is 0. The molecule has 0 aliphatic heterocycles. The summed E-state index contributed by atoms with van der Waals surface area (Å²) in [6.45, 7) is 0. The molecule has 6 aromatic rings. The number of nitrogens with zero attached hydrogens (tertiary/aromatic N) is 1. The van der Waals surface area contributed by atoms with Crippen LogP contribution in [-0.4, -0.2) is 0 Å². The molecule has 0 saturated carbocycles. The van der Waals surface area contributed by atoms with Gasteiger partial charge in [-0.25, -0.2) is 0 Å². The first-order valence-corrected chi connectivity index (χ1v) is 12.0. The normalized spacial score (nSPS) is 10.9. The standard InChI is InChI=1S/C34H25N/c1-3-10-26(11-4-1)29-18-21-32(22-19-29)35(34-23-20-28-14-7-8-15-30(28)25-34)33-17-9-16-31(24-33)27-12-5-2-6-13-27/h1-25H. The Kier molecular flexibility index (Phi) is 5.58. The minimum Gasteiger partial charge on any atom is -0.310 e. The third-order valence-electron chi connectivity index (χ3n) is 6.44. The van der Waals surface area contributed by atoms with E-state index in [1.165, 1.54) is 33.0 Å². The van der Waals surface area contributed by atoms with Crippen LogP contribution in [0.15, 0.2) is 152 Å². The van der Waals surface area contributed by atoms with E-state index in [0.717, 1.165) is 17.1 Å². The molecule has 1 nitrogen and oxygen atoms in total. The van der Waals surface area contributed by atoms with Crippen LogP contribution < -0.4 is 4.90 Å². The van der Waals surface area contributed by atoms with Crippen LogP contribution in [0.4, 0.5) is 17.1 Å². The predicted octanol–water partition coefficient (Wildman–Crippen LogP) is 9.64. The van der Waals surface area contributed by atoms with Crippen LogP contribution in [0, 0.1) is 0 Å². The molecule has 0 saturated heterocycles. The topological polar surface area (TPSA) is 3.24 Å². The molecule has 1 heteroatoms. The van der Waals surface area contributed by atoms with E-state index in [1.54, 1.807) is 0 Å². The molecule has 0 unspecified atom stereocenters. The van der Waals surface area contributed by atoms with Gasteiger partial charge in [-0.1, -0.05) is 115 Å². The summed E-state index contributed by atoms with van der Waals surface area (Å²) in [6, 6.07) is 53.9. The van der Waals surface area contributed by atoms with Gasteiger partial charge < -0.3 is 4.90 Å². The lowest BCUT2D eigenvalue weighted by atomic mass is 10.0. The van der Waals surface area contributed by atoms with E-state index >= 15 is 0 Å². The van der Waals surface area contributed by atoms with Crippen molar-refractivity contribution in [2.45, 2.75) is 0 Å². The van der Waals surface area contributed by atoms with Gasteiger partial charge in [-0.05, 0) is 69.4 Å². The predicted molar refractivity (Wildman–Crippen MR) is 150 cm³/mol. The maximum Gasteiger partial charge on any atom is 0.0468 e. The molecule has 0 N–H and O–H groups in total. The second-order valence-electron chi connectivity index (χ2n) is 8.70. The highest BCUT2D eigenvalue weighted by atomic mass is 15.1. The lowest BCUT2D eigenvalue weighted by molar-refractivity contribution is 1.29. The van der Waals surface area contributed by atoms with Crippen LogP contribution in [0.25, 0.3) is 33.0 Å². The highest BCUT2D eigenvalue weighted by Gasteiger charge is 2.14. The van der Waals surface area contributed by atoms with Gasteiger partial charge in [-0.15, -0.1) is 0 Å². The summed E-state index contributed by atoms with van der Waals surface area (Å²) in [5.41, 5.74) is 8.26. The Labute approximate surface area is 206 Å². The van der Waals surface area contributed by atoms with E-state index in [1.807, 2.05) is 0 Å². The van der Waals surface area contributed by atoms with Gasteiger partial charge in [0.15, 0.2) is 0 Å². The largest absolute Gasteiger partial charge is 0.310 e. The van der Waals surface area contributed by atoms with Gasteiger partial charge in [0.2, 0.25) is 0 Å². The van der Waals surface area contributed by atoms with Crippen molar-refractivity contribution in [3.05, 3.63) is 152 Å². The molecule has 0 fully saturated rings. The summed E-state index contributed by atoms with van der Waals surface area (Å²) in [7, 11) is 0. The molecule has 0 aliphatic carbocycles. The quantitative estimate of drug-likeness (QED) is 0.254. The Morgan fingerprint density at radius 3 is 1.51 bits per heavy atom. The van der Waals surface area contributed by atoms with Gasteiger partial charge in [-0.2, -0.15) is 0 Å². The highest BCUT2D eigenvalue weighted by molar-refractivity contribution is 5.90. The number of hydrogen-bond acceptors (Lipinski definition) is 1. The van der Waals surface area contributed by atoms with Gasteiger partial charge in [0.05, 0.1) is 0 Å². The first-order chi connectivity index (χ1) is 17.3. The first-order valence-electron chi connectivity index (χ1n) is 12.0. The molecule has 0 heterocycles. The van der Waals surface area contributed by atoms with Crippen molar-refractivity contribution in [2.24, 2.45) is 0 Å². The molecule has 0 atom stereocenters.